The third-order valence-corrected chi connectivity index (χ3v) is 4.79. The summed E-state index contributed by atoms with van der Waals surface area (Å²) in [5.41, 5.74) is 0. The molecule has 22 heavy (non-hydrogen) atoms. The largest absolute Gasteiger partial charge is 0.497 e. The summed E-state index contributed by atoms with van der Waals surface area (Å²) >= 11 is 1.72. The number of nitrogens with zero attached hydrogens (tertiary/aromatic N) is 1. The number of rotatable bonds is 7. The van der Waals surface area contributed by atoms with Crippen molar-refractivity contribution in [3.8, 4) is 5.75 Å². The molecule has 0 aromatic heterocycles. The summed E-state index contributed by atoms with van der Waals surface area (Å²) in [6.45, 7) is 2.83. The molecule has 0 aliphatic carbocycles. The average molecular weight is 345 g/mol. The van der Waals surface area contributed by atoms with E-state index in [9.17, 15) is 4.79 Å². The minimum atomic E-state index is 0. The SMILES string of the molecule is CNCC1CCN(C(=O)CCSc2ccc(OC)cc2)C1.Cl. The molecule has 1 aromatic carbocycles. The van der Waals surface area contributed by atoms with Gasteiger partial charge in [0.2, 0.25) is 5.91 Å². The van der Waals surface area contributed by atoms with Crippen molar-refractivity contribution in [2.45, 2.75) is 17.7 Å². The summed E-state index contributed by atoms with van der Waals surface area (Å²) in [5, 5.41) is 3.19. The molecule has 6 heteroatoms. The number of benzene rings is 1. The summed E-state index contributed by atoms with van der Waals surface area (Å²) in [6, 6.07) is 7.97. The molecule has 1 aliphatic rings. The van der Waals surface area contributed by atoms with Crippen LogP contribution in [-0.4, -0.2) is 50.4 Å². The number of likely N-dealkylation sites (tertiary alicyclic amines) is 1. The lowest BCUT2D eigenvalue weighted by molar-refractivity contribution is -0.129. The van der Waals surface area contributed by atoms with Gasteiger partial charge in [0.25, 0.3) is 0 Å². The molecule has 1 aliphatic heterocycles. The Kier molecular flexibility index (Phi) is 8.68. The first-order chi connectivity index (χ1) is 10.2. The van der Waals surface area contributed by atoms with Gasteiger partial charge in [-0.25, -0.2) is 0 Å². The van der Waals surface area contributed by atoms with Gasteiger partial charge in [0.05, 0.1) is 7.11 Å². The van der Waals surface area contributed by atoms with Crippen molar-refractivity contribution in [3.63, 3.8) is 0 Å². The van der Waals surface area contributed by atoms with E-state index < -0.39 is 0 Å². The molecule has 1 heterocycles. The van der Waals surface area contributed by atoms with Crippen LogP contribution in [0.5, 0.6) is 5.75 Å². The van der Waals surface area contributed by atoms with Gasteiger partial charge in [-0.1, -0.05) is 0 Å². The number of ether oxygens (including phenoxy) is 1. The molecule has 1 atom stereocenters. The molecule has 124 valence electrons. The lowest BCUT2D eigenvalue weighted by Crippen LogP contribution is -2.30. The van der Waals surface area contributed by atoms with Gasteiger partial charge in [0, 0.05) is 30.2 Å². The van der Waals surface area contributed by atoms with E-state index in [-0.39, 0.29) is 18.3 Å². The van der Waals surface area contributed by atoms with E-state index in [1.165, 1.54) is 4.90 Å². The van der Waals surface area contributed by atoms with E-state index in [2.05, 4.69) is 5.32 Å². The highest BCUT2D eigenvalue weighted by molar-refractivity contribution is 7.99. The highest BCUT2D eigenvalue weighted by atomic mass is 35.5. The van der Waals surface area contributed by atoms with Crippen LogP contribution in [0.3, 0.4) is 0 Å². The minimum absolute atomic E-state index is 0. The molecule has 0 radical (unpaired) electrons. The van der Waals surface area contributed by atoms with Gasteiger partial charge in [0.15, 0.2) is 0 Å². The molecule has 1 N–H and O–H groups in total. The van der Waals surface area contributed by atoms with Crippen LogP contribution < -0.4 is 10.1 Å². The van der Waals surface area contributed by atoms with E-state index in [0.717, 1.165) is 37.6 Å². The molecule has 0 spiro atoms. The third kappa shape index (κ3) is 5.71. The second-order valence-electron chi connectivity index (χ2n) is 5.33. The smallest absolute Gasteiger partial charge is 0.223 e. The summed E-state index contributed by atoms with van der Waals surface area (Å²) < 4.78 is 5.13. The van der Waals surface area contributed by atoms with Gasteiger partial charge < -0.3 is 15.0 Å². The highest BCUT2D eigenvalue weighted by Crippen LogP contribution is 2.23. The fraction of sp³-hybridized carbons (Fsp3) is 0.562. The van der Waals surface area contributed by atoms with Crippen molar-refractivity contribution in [1.29, 1.82) is 0 Å². The molecule has 1 amide bonds. The molecule has 1 unspecified atom stereocenters. The summed E-state index contributed by atoms with van der Waals surface area (Å²) in [7, 11) is 3.63. The Hall–Kier alpha value is -0.910. The van der Waals surface area contributed by atoms with Crippen molar-refractivity contribution >= 4 is 30.1 Å². The van der Waals surface area contributed by atoms with Crippen LogP contribution >= 0.6 is 24.2 Å². The van der Waals surface area contributed by atoms with Crippen molar-refractivity contribution < 1.29 is 9.53 Å². The van der Waals surface area contributed by atoms with Gasteiger partial charge in [-0.2, -0.15) is 0 Å². The minimum Gasteiger partial charge on any atom is -0.497 e. The number of amides is 1. The summed E-state index contributed by atoms with van der Waals surface area (Å²) in [4.78, 5) is 15.3. The number of nitrogens with one attached hydrogen (secondary N) is 1. The zero-order valence-corrected chi connectivity index (χ0v) is 14.8. The van der Waals surface area contributed by atoms with Crippen molar-refractivity contribution in [2.24, 2.45) is 5.92 Å². The van der Waals surface area contributed by atoms with Crippen LogP contribution in [0.4, 0.5) is 0 Å². The van der Waals surface area contributed by atoms with E-state index in [1.807, 2.05) is 36.2 Å². The number of methoxy groups -OCH3 is 1. The fourth-order valence-electron chi connectivity index (χ4n) is 2.60. The number of halogens is 1. The van der Waals surface area contributed by atoms with Gasteiger partial charge in [-0.3, -0.25) is 4.79 Å². The Labute approximate surface area is 143 Å². The van der Waals surface area contributed by atoms with Gasteiger partial charge in [-0.15, -0.1) is 24.2 Å². The van der Waals surface area contributed by atoms with Crippen molar-refractivity contribution in [2.75, 3.05) is 39.5 Å². The summed E-state index contributed by atoms with van der Waals surface area (Å²) in [5.74, 6) is 2.60. The van der Waals surface area contributed by atoms with Crippen LogP contribution in [0.15, 0.2) is 29.2 Å². The number of hydrogen-bond acceptors (Lipinski definition) is 4. The van der Waals surface area contributed by atoms with Crippen molar-refractivity contribution in [3.05, 3.63) is 24.3 Å². The summed E-state index contributed by atoms with van der Waals surface area (Å²) in [6.07, 6.45) is 1.74. The maximum absolute atomic E-state index is 12.2. The first-order valence-corrected chi connectivity index (χ1v) is 8.40. The topological polar surface area (TPSA) is 41.6 Å². The molecular weight excluding hydrogens is 320 g/mol. The third-order valence-electron chi connectivity index (χ3n) is 3.78. The van der Waals surface area contributed by atoms with E-state index in [4.69, 9.17) is 4.74 Å². The Morgan fingerprint density at radius 3 is 2.77 bits per heavy atom. The maximum Gasteiger partial charge on any atom is 0.223 e. The quantitative estimate of drug-likeness (QED) is 0.772. The predicted molar refractivity (Wildman–Crippen MR) is 94.2 cm³/mol. The Morgan fingerprint density at radius 2 is 2.14 bits per heavy atom. The first kappa shape index (κ1) is 19.1. The first-order valence-electron chi connectivity index (χ1n) is 7.42. The monoisotopic (exact) mass is 344 g/mol. The molecular formula is C16H25ClN2O2S. The lowest BCUT2D eigenvalue weighted by atomic mass is 10.1. The van der Waals surface area contributed by atoms with E-state index in [0.29, 0.717) is 12.3 Å². The highest BCUT2D eigenvalue weighted by Gasteiger charge is 2.25. The van der Waals surface area contributed by atoms with Gasteiger partial charge >= 0.3 is 0 Å². The fourth-order valence-corrected chi connectivity index (χ4v) is 3.44. The van der Waals surface area contributed by atoms with Crippen LogP contribution in [0.2, 0.25) is 0 Å². The number of carbonyl (C=O) groups excluding carboxylic acids is 1. The zero-order valence-electron chi connectivity index (χ0n) is 13.2. The average Bonchev–Trinajstić information content (AvgIpc) is 2.97. The lowest BCUT2D eigenvalue weighted by Gasteiger charge is -2.16. The Morgan fingerprint density at radius 1 is 1.41 bits per heavy atom. The normalized spacial score (nSPS) is 17.2. The number of carbonyl (C=O) groups is 1. The van der Waals surface area contributed by atoms with Crippen LogP contribution in [0, 0.1) is 5.92 Å². The van der Waals surface area contributed by atoms with Crippen LogP contribution in [-0.2, 0) is 4.79 Å². The van der Waals surface area contributed by atoms with E-state index >= 15 is 0 Å². The second-order valence-corrected chi connectivity index (χ2v) is 6.49. The molecule has 1 aromatic rings. The number of thioether (sulfide) groups is 1. The molecule has 1 fully saturated rings. The van der Waals surface area contributed by atoms with Crippen LogP contribution in [0.1, 0.15) is 12.8 Å². The Balaban J connectivity index is 0.00000242. The Bertz CT molecular complexity index is 456. The van der Waals surface area contributed by atoms with Crippen molar-refractivity contribution in [1.82, 2.24) is 10.2 Å². The zero-order chi connectivity index (χ0) is 15.1. The molecule has 2 rings (SSSR count). The number of hydrogen-bond donors (Lipinski definition) is 1. The molecule has 0 saturated carbocycles. The molecule has 1 saturated heterocycles. The maximum atomic E-state index is 12.2. The molecule has 0 bridgehead atoms. The van der Waals surface area contributed by atoms with E-state index in [1.54, 1.807) is 18.9 Å². The second kappa shape index (κ2) is 9.98. The van der Waals surface area contributed by atoms with Gasteiger partial charge in [0.1, 0.15) is 5.75 Å². The van der Waals surface area contributed by atoms with Gasteiger partial charge in [-0.05, 0) is 50.2 Å². The molecule has 4 nitrogen and oxygen atoms in total. The predicted octanol–water partition coefficient (Wildman–Crippen LogP) is 2.67. The van der Waals surface area contributed by atoms with Crippen LogP contribution in [0.25, 0.3) is 0 Å². The standard InChI is InChI=1S/C16H24N2O2S.ClH/c1-17-11-13-7-9-18(12-13)16(19)8-10-21-15-5-3-14(20-2)4-6-15;/h3-6,13,17H,7-12H2,1-2H3;1H.